The fourth-order valence-electron chi connectivity index (χ4n) is 2.05. The molecule has 2 aromatic carbocycles. The first-order valence-electron chi connectivity index (χ1n) is 6.62. The van der Waals surface area contributed by atoms with Crippen LogP contribution in [0.15, 0.2) is 65.2 Å². The largest absolute Gasteiger partial charge is 0.361 e. The predicted octanol–water partition coefficient (Wildman–Crippen LogP) is 3.90. The molecule has 104 valence electrons. The van der Waals surface area contributed by atoms with Crippen molar-refractivity contribution in [2.45, 2.75) is 6.92 Å². The fourth-order valence-corrected chi connectivity index (χ4v) is 2.05. The Labute approximate surface area is 122 Å². The van der Waals surface area contributed by atoms with E-state index in [1.54, 1.807) is 13.0 Å². The molecule has 21 heavy (non-hydrogen) atoms. The average Bonchev–Trinajstić information content (AvgIpc) is 2.96. The maximum absolute atomic E-state index is 11.9. The molecule has 0 bridgehead atoms. The van der Waals surface area contributed by atoms with Gasteiger partial charge in [0.05, 0.1) is 0 Å². The van der Waals surface area contributed by atoms with Crippen LogP contribution in [0.5, 0.6) is 0 Å². The highest BCUT2D eigenvalue weighted by atomic mass is 16.5. The standard InChI is InChI=1S/C17H14N2O2/c1-12-11-16(19-21-12)17(20)18-15-9-7-14(8-10-15)13-5-3-2-4-6-13/h2-11H,1H3,(H,18,20). The summed E-state index contributed by atoms with van der Waals surface area (Å²) in [5, 5.41) is 6.48. The van der Waals surface area contributed by atoms with E-state index in [1.165, 1.54) is 0 Å². The lowest BCUT2D eigenvalue weighted by Gasteiger charge is -2.05. The van der Waals surface area contributed by atoms with E-state index in [1.807, 2.05) is 54.6 Å². The second-order valence-corrected chi connectivity index (χ2v) is 4.72. The van der Waals surface area contributed by atoms with E-state index in [0.29, 0.717) is 5.76 Å². The van der Waals surface area contributed by atoms with Crippen molar-refractivity contribution >= 4 is 11.6 Å². The molecule has 1 N–H and O–H groups in total. The van der Waals surface area contributed by atoms with E-state index in [9.17, 15) is 4.79 Å². The quantitative estimate of drug-likeness (QED) is 0.790. The van der Waals surface area contributed by atoms with Gasteiger partial charge in [0, 0.05) is 11.8 Å². The molecule has 0 fully saturated rings. The minimum Gasteiger partial charge on any atom is -0.361 e. The molecule has 0 saturated carbocycles. The number of hydrogen-bond acceptors (Lipinski definition) is 3. The highest BCUT2D eigenvalue weighted by Gasteiger charge is 2.10. The van der Waals surface area contributed by atoms with Crippen molar-refractivity contribution < 1.29 is 9.32 Å². The Bertz CT molecular complexity index is 746. The highest BCUT2D eigenvalue weighted by Crippen LogP contribution is 2.21. The van der Waals surface area contributed by atoms with Crippen LogP contribution in [0.3, 0.4) is 0 Å². The Morgan fingerprint density at radius 1 is 1.00 bits per heavy atom. The van der Waals surface area contributed by atoms with E-state index in [2.05, 4.69) is 10.5 Å². The fraction of sp³-hybridized carbons (Fsp3) is 0.0588. The molecule has 0 atom stereocenters. The van der Waals surface area contributed by atoms with Crippen molar-refractivity contribution in [1.82, 2.24) is 5.16 Å². The first-order chi connectivity index (χ1) is 10.2. The number of carbonyl (C=O) groups is 1. The third-order valence-electron chi connectivity index (χ3n) is 3.11. The number of nitrogens with one attached hydrogen (secondary N) is 1. The van der Waals surface area contributed by atoms with Gasteiger partial charge in [-0.25, -0.2) is 0 Å². The van der Waals surface area contributed by atoms with Gasteiger partial charge in [-0.15, -0.1) is 0 Å². The molecule has 4 nitrogen and oxygen atoms in total. The second-order valence-electron chi connectivity index (χ2n) is 4.72. The highest BCUT2D eigenvalue weighted by molar-refractivity contribution is 6.02. The van der Waals surface area contributed by atoms with Crippen molar-refractivity contribution in [3.05, 3.63) is 72.1 Å². The number of carbonyl (C=O) groups excluding carboxylic acids is 1. The summed E-state index contributed by atoms with van der Waals surface area (Å²) in [6, 6.07) is 19.4. The molecule has 0 radical (unpaired) electrons. The van der Waals surface area contributed by atoms with Crippen molar-refractivity contribution in [2.75, 3.05) is 5.32 Å². The maximum Gasteiger partial charge on any atom is 0.277 e. The summed E-state index contributed by atoms with van der Waals surface area (Å²) < 4.78 is 4.89. The summed E-state index contributed by atoms with van der Waals surface area (Å²) in [6.07, 6.45) is 0. The van der Waals surface area contributed by atoms with Crippen LogP contribution >= 0.6 is 0 Å². The number of hydrogen-bond donors (Lipinski definition) is 1. The first-order valence-corrected chi connectivity index (χ1v) is 6.62. The molecule has 4 heteroatoms. The van der Waals surface area contributed by atoms with Gasteiger partial charge in [-0.1, -0.05) is 47.6 Å². The lowest BCUT2D eigenvalue weighted by molar-refractivity contribution is 0.101. The number of benzene rings is 2. The van der Waals surface area contributed by atoms with Gasteiger partial charge in [-0.05, 0) is 30.2 Å². The molecule has 3 rings (SSSR count). The molecule has 1 heterocycles. The van der Waals surface area contributed by atoms with E-state index >= 15 is 0 Å². The third-order valence-corrected chi connectivity index (χ3v) is 3.11. The molecule has 0 unspecified atom stereocenters. The number of anilines is 1. The van der Waals surface area contributed by atoms with Crippen LogP contribution in [0.25, 0.3) is 11.1 Å². The van der Waals surface area contributed by atoms with Gasteiger partial charge in [-0.3, -0.25) is 4.79 Å². The Balaban J connectivity index is 1.74. The van der Waals surface area contributed by atoms with Crippen LogP contribution in [-0.4, -0.2) is 11.1 Å². The smallest absolute Gasteiger partial charge is 0.277 e. The first kappa shape index (κ1) is 13.1. The Morgan fingerprint density at radius 3 is 2.29 bits per heavy atom. The number of amides is 1. The van der Waals surface area contributed by atoms with Gasteiger partial charge in [0.25, 0.3) is 5.91 Å². The molecule has 0 spiro atoms. The topological polar surface area (TPSA) is 55.1 Å². The van der Waals surface area contributed by atoms with Crippen LogP contribution in [-0.2, 0) is 0 Å². The van der Waals surface area contributed by atoms with Crippen LogP contribution in [0.4, 0.5) is 5.69 Å². The average molecular weight is 278 g/mol. The Hall–Kier alpha value is -2.88. The minimum absolute atomic E-state index is 0.277. The summed E-state index contributed by atoms with van der Waals surface area (Å²) in [5.41, 5.74) is 3.24. The molecule has 0 saturated heterocycles. The van der Waals surface area contributed by atoms with E-state index in [0.717, 1.165) is 16.8 Å². The maximum atomic E-state index is 11.9. The zero-order valence-electron chi connectivity index (χ0n) is 11.5. The van der Waals surface area contributed by atoms with Crippen molar-refractivity contribution in [3.63, 3.8) is 0 Å². The zero-order chi connectivity index (χ0) is 14.7. The normalized spacial score (nSPS) is 10.3. The number of rotatable bonds is 3. The summed E-state index contributed by atoms with van der Waals surface area (Å²) in [5.74, 6) is 0.332. The zero-order valence-corrected chi connectivity index (χ0v) is 11.5. The van der Waals surface area contributed by atoms with Gasteiger partial charge in [0.2, 0.25) is 0 Å². The van der Waals surface area contributed by atoms with Crippen LogP contribution in [0.2, 0.25) is 0 Å². The number of nitrogens with zero attached hydrogens (tertiary/aromatic N) is 1. The van der Waals surface area contributed by atoms with Gasteiger partial charge in [-0.2, -0.15) is 0 Å². The van der Waals surface area contributed by atoms with Gasteiger partial charge in [0.1, 0.15) is 5.76 Å². The lowest BCUT2D eigenvalue weighted by Crippen LogP contribution is -2.11. The summed E-state index contributed by atoms with van der Waals surface area (Å²) in [4.78, 5) is 11.9. The molecule has 0 aliphatic heterocycles. The molecule has 1 amide bonds. The molecule has 3 aromatic rings. The predicted molar refractivity (Wildman–Crippen MR) is 81.1 cm³/mol. The third kappa shape index (κ3) is 3.00. The molecule has 0 aliphatic rings. The van der Waals surface area contributed by atoms with E-state index in [-0.39, 0.29) is 11.6 Å². The van der Waals surface area contributed by atoms with Gasteiger partial charge >= 0.3 is 0 Å². The van der Waals surface area contributed by atoms with Crippen LogP contribution in [0, 0.1) is 6.92 Å². The SMILES string of the molecule is Cc1cc(C(=O)Nc2ccc(-c3ccccc3)cc2)no1. The van der Waals surface area contributed by atoms with Crippen molar-refractivity contribution in [1.29, 1.82) is 0 Å². The Kier molecular flexibility index (Phi) is 3.51. The second kappa shape index (κ2) is 5.63. The number of aromatic nitrogens is 1. The van der Waals surface area contributed by atoms with E-state index < -0.39 is 0 Å². The molecule has 0 aliphatic carbocycles. The van der Waals surface area contributed by atoms with Gasteiger partial charge < -0.3 is 9.84 Å². The summed E-state index contributed by atoms with van der Waals surface area (Å²) in [7, 11) is 0. The Morgan fingerprint density at radius 2 is 1.67 bits per heavy atom. The lowest BCUT2D eigenvalue weighted by atomic mass is 10.1. The van der Waals surface area contributed by atoms with Crippen molar-refractivity contribution in [3.8, 4) is 11.1 Å². The summed E-state index contributed by atoms with van der Waals surface area (Å²) in [6.45, 7) is 1.75. The van der Waals surface area contributed by atoms with E-state index in [4.69, 9.17) is 4.52 Å². The van der Waals surface area contributed by atoms with Gasteiger partial charge in [0.15, 0.2) is 5.69 Å². The minimum atomic E-state index is -0.278. The monoisotopic (exact) mass is 278 g/mol. The van der Waals surface area contributed by atoms with Crippen LogP contribution in [0.1, 0.15) is 16.2 Å². The number of aryl methyl sites for hydroxylation is 1. The molecular weight excluding hydrogens is 264 g/mol. The van der Waals surface area contributed by atoms with Crippen LogP contribution < -0.4 is 5.32 Å². The molecular formula is C17H14N2O2. The summed E-state index contributed by atoms with van der Waals surface area (Å²) >= 11 is 0. The molecule has 1 aromatic heterocycles. The van der Waals surface area contributed by atoms with Crippen molar-refractivity contribution in [2.24, 2.45) is 0 Å².